The number of ether oxygens (including phenoxy) is 1. The average molecular weight is 418 g/mol. The van der Waals surface area contributed by atoms with Gasteiger partial charge in [0.1, 0.15) is 5.75 Å². The third kappa shape index (κ3) is 5.07. The van der Waals surface area contributed by atoms with Crippen LogP contribution in [0, 0.1) is 6.92 Å². The third-order valence-corrected chi connectivity index (χ3v) is 7.00. The maximum absolute atomic E-state index is 13.0. The molecule has 3 rings (SSSR count). The van der Waals surface area contributed by atoms with Gasteiger partial charge >= 0.3 is 0 Å². The zero-order valence-electron chi connectivity index (χ0n) is 16.8. The second kappa shape index (κ2) is 9.28. The smallest absolute Gasteiger partial charge is 0.243 e. The summed E-state index contributed by atoms with van der Waals surface area (Å²) in [5.41, 5.74) is 1.86. The lowest BCUT2D eigenvalue weighted by Crippen LogP contribution is -2.36. The lowest BCUT2D eigenvalue weighted by atomic mass is 10.2. The second-order valence-electron chi connectivity index (χ2n) is 7.05. The highest BCUT2D eigenvalue weighted by Crippen LogP contribution is 2.26. The number of hydrogen-bond donors (Lipinski definition) is 2. The topological polar surface area (TPSA) is 87.7 Å². The van der Waals surface area contributed by atoms with Crippen molar-refractivity contribution in [2.45, 2.75) is 31.1 Å². The molecule has 8 heteroatoms. The Labute approximate surface area is 172 Å². The predicted octanol–water partition coefficient (Wildman–Crippen LogP) is 3.23. The van der Waals surface area contributed by atoms with E-state index in [2.05, 4.69) is 10.6 Å². The van der Waals surface area contributed by atoms with Crippen LogP contribution in [0.2, 0.25) is 0 Å². The monoisotopic (exact) mass is 417 g/mol. The van der Waals surface area contributed by atoms with Crippen molar-refractivity contribution in [1.29, 1.82) is 0 Å². The number of aryl methyl sites for hydroxylation is 1. The molecule has 1 fully saturated rings. The van der Waals surface area contributed by atoms with Crippen molar-refractivity contribution in [2.24, 2.45) is 0 Å². The highest BCUT2D eigenvalue weighted by molar-refractivity contribution is 7.89. The Balaban J connectivity index is 1.69. The molecule has 1 amide bonds. The molecule has 29 heavy (non-hydrogen) atoms. The number of benzene rings is 2. The summed E-state index contributed by atoms with van der Waals surface area (Å²) in [7, 11) is -1.99. The summed E-state index contributed by atoms with van der Waals surface area (Å²) in [5, 5.41) is 5.80. The highest BCUT2D eigenvalue weighted by Gasteiger charge is 2.27. The van der Waals surface area contributed by atoms with Crippen molar-refractivity contribution in [2.75, 3.05) is 37.4 Å². The van der Waals surface area contributed by atoms with E-state index in [1.54, 1.807) is 48.7 Å². The van der Waals surface area contributed by atoms with E-state index in [9.17, 15) is 13.2 Å². The normalized spacial score (nSPS) is 15.0. The number of nitrogens with zero attached hydrogens (tertiary/aromatic N) is 1. The first-order valence-electron chi connectivity index (χ1n) is 9.69. The number of hydrogen-bond acceptors (Lipinski definition) is 5. The van der Waals surface area contributed by atoms with Crippen LogP contribution in [0.5, 0.6) is 5.75 Å². The van der Waals surface area contributed by atoms with Gasteiger partial charge < -0.3 is 15.4 Å². The Morgan fingerprint density at radius 3 is 2.55 bits per heavy atom. The molecule has 7 nitrogen and oxygen atoms in total. The summed E-state index contributed by atoms with van der Waals surface area (Å²) in [6.45, 7) is 2.90. The molecule has 2 N–H and O–H groups in total. The van der Waals surface area contributed by atoms with E-state index in [0.717, 1.165) is 19.3 Å². The molecule has 1 heterocycles. The van der Waals surface area contributed by atoms with Gasteiger partial charge in [0.25, 0.3) is 0 Å². The van der Waals surface area contributed by atoms with E-state index in [4.69, 9.17) is 4.74 Å². The summed E-state index contributed by atoms with van der Waals surface area (Å²) in [5.74, 6) is 0.321. The van der Waals surface area contributed by atoms with E-state index in [0.29, 0.717) is 35.8 Å². The molecule has 0 bridgehead atoms. The van der Waals surface area contributed by atoms with Gasteiger partial charge in [0.2, 0.25) is 15.9 Å². The van der Waals surface area contributed by atoms with E-state index in [1.807, 2.05) is 12.1 Å². The number of para-hydroxylation sites is 2. The van der Waals surface area contributed by atoms with Gasteiger partial charge in [0.15, 0.2) is 0 Å². The zero-order chi connectivity index (χ0) is 20.9. The van der Waals surface area contributed by atoms with Gasteiger partial charge in [-0.25, -0.2) is 8.42 Å². The number of nitrogens with one attached hydrogen (secondary N) is 2. The van der Waals surface area contributed by atoms with E-state index >= 15 is 0 Å². The minimum atomic E-state index is -3.54. The van der Waals surface area contributed by atoms with Crippen molar-refractivity contribution in [1.82, 2.24) is 4.31 Å². The minimum Gasteiger partial charge on any atom is -0.495 e. The van der Waals surface area contributed by atoms with Crippen LogP contribution in [0.25, 0.3) is 0 Å². The zero-order valence-corrected chi connectivity index (χ0v) is 17.6. The molecule has 0 radical (unpaired) electrons. The van der Waals surface area contributed by atoms with Gasteiger partial charge in [-0.1, -0.05) is 24.6 Å². The number of carbonyl (C=O) groups excluding carboxylic acids is 1. The molecule has 0 aliphatic carbocycles. The predicted molar refractivity (Wildman–Crippen MR) is 114 cm³/mol. The Bertz CT molecular complexity index is 970. The first kappa shape index (κ1) is 21.1. The van der Waals surface area contributed by atoms with Crippen molar-refractivity contribution in [3.63, 3.8) is 0 Å². The highest BCUT2D eigenvalue weighted by atomic mass is 32.2. The van der Waals surface area contributed by atoms with Gasteiger partial charge in [-0.2, -0.15) is 4.31 Å². The fourth-order valence-electron chi connectivity index (χ4n) is 3.36. The number of rotatable bonds is 7. The SMILES string of the molecule is COc1ccccc1NC(=O)CNc1ccc(C)c(S(=O)(=O)N2CCCCC2)c1. The fraction of sp³-hybridized carbons (Fsp3) is 0.381. The molecular weight excluding hydrogens is 390 g/mol. The fourth-order valence-corrected chi connectivity index (χ4v) is 5.12. The average Bonchev–Trinajstić information content (AvgIpc) is 2.74. The van der Waals surface area contributed by atoms with Crippen molar-refractivity contribution < 1.29 is 17.9 Å². The standard InChI is InChI=1S/C21H27N3O4S/c1-16-10-11-17(14-20(16)29(26,27)24-12-6-3-7-13-24)22-15-21(25)23-18-8-4-5-9-19(18)28-2/h4-5,8-11,14,22H,3,6-7,12-13,15H2,1-2H3,(H,23,25). The van der Waals surface area contributed by atoms with Crippen LogP contribution in [-0.2, 0) is 14.8 Å². The largest absolute Gasteiger partial charge is 0.495 e. The quantitative estimate of drug-likeness (QED) is 0.722. The minimum absolute atomic E-state index is 0.00428. The summed E-state index contributed by atoms with van der Waals surface area (Å²) in [6.07, 6.45) is 2.84. The molecular formula is C21H27N3O4S. The molecule has 0 atom stereocenters. The number of carbonyl (C=O) groups is 1. The first-order valence-corrected chi connectivity index (χ1v) is 11.1. The van der Waals surface area contributed by atoms with Crippen LogP contribution in [0.15, 0.2) is 47.4 Å². The molecule has 1 aliphatic rings. The number of amides is 1. The van der Waals surface area contributed by atoms with Crippen LogP contribution in [0.3, 0.4) is 0 Å². The summed E-state index contributed by atoms with van der Waals surface area (Å²) in [6, 6.07) is 12.3. The summed E-state index contributed by atoms with van der Waals surface area (Å²) in [4.78, 5) is 12.6. The number of methoxy groups -OCH3 is 1. The van der Waals surface area contributed by atoms with Gasteiger partial charge in [-0.3, -0.25) is 4.79 Å². The molecule has 0 saturated carbocycles. The van der Waals surface area contributed by atoms with Crippen molar-refractivity contribution in [3.05, 3.63) is 48.0 Å². The Hall–Kier alpha value is -2.58. The summed E-state index contributed by atoms with van der Waals surface area (Å²) < 4.78 is 32.8. The molecule has 0 aromatic heterocycles. The van der Waals surface area contributed by atoms with Crippen molar-refractivity contribution in [3.8, 4) is 5.75 Å². The number of anilines is 2. The van der Waals surface area contributed by atoms with Gasteiger partial charge in [-0.15, -0.1) is 0 Å². The molecule has 156 valence electrons. The van der Waals surface area contributed by atoms with Crippen LogP contribution in [0.4, 0.5) is 11.4 Å². The van der Waals surface area contributed by atoms with Gasteiger partial charge in [-0.05, 0) is 49.6 Å². The second-order valence-corrected chi connectivity index (χ2v) is 8.95. The first-order chi connectivity index (χ1) is 13.9. The molecule has 2 aromatic rings. The van der Waals surface area contributed by atoms with Gasteiger partial charge in [0, 0.05) is 18.8 Å². The summed E-state index contributed by atoms with van der Waals surface area (Å²) >= 11 is 0. The molecule has 0 unspecified atom stereocenters. The number of piperidine rings is 1. The maximum Gasteiger partial charge on any atom is 0.243 e. The lowest BCUT2D eigenvalue weighted by Gasteiger charge is -2.26. The Morgan fingerprint density at radius 1 is 1.10 bits per heavy atom. The van der Waals surface area contributed by atoms with E-state index < -0.39 is 10.0 Å². The lowest BCUT2D eigenvalue weighted by molar-refractivity contribution is -0.114. The molecule has 0 spiro atoms. The van der Waals surface area contributed by atoms with Crippen LogP contribution in [0.1, 0.15) is 24.8 Å². The maximum atomic E-state index is 13.0. The van der Waals surface area contributed by atoms with E-state index in [1.165, 1.54) is 0 Å². The van der Waals surface area contributed by atoms with Crippen LogP contribution < -0.4 is 15.4 Å². The molecule has 1 aliphatic heterocycles. The molecule has 2 aromatic carbocycles. The van der Waals surface area contributed by atoms with Crippen molar-refractivity contribution >= 4 is 27.3 Å². The van der Waals surface area contributed by atoms with Gasteiger partial charge in [0.05, 0.1) is 24.2 Å². The van der Waals surface area contributed by atoms with Crippen LogP contribution in [-0.4, -0.2) is 45.4 Å². The third-order valence-electron chi connectivity index (χ3n) is 4.96. The molecule has 1 saturated heterocycles. The number of sulfonamides is 1. The Kier molecular flexibility index (Phi) is 6.76. The van der Waals surface area contributed by atoms with Crippen LogP contribution >= 0.6 is 0 Å². The van der Waals surface area contributed by atoms with E-state index in [-0.39, 0.29) is 17.3 Å². The Morgan fingerprint density at radius 2 is 1.83 bits per heavy atom.